The van der Waals surface area contributed by atoms with Crippen LogP contribution in [0.3, 0.4) is 0 Å². The molecule has 0 radical (unpaired) electrons. The first-order chi connectivity index (χ1) is 10.8. The maximum atomic E-state index is 4.44. The molecule has 2 aromatic heterocycles. The average molecular weight is 376 g/mol. The topological polar surface area (TPSA) is 46.8 Å². The summed E-state index contributed by atoms with van der Waals surface area (Å²) in [6.07, 6.45) is 2.70. The summed E-state index contributed by atoms with van der Waals surface area (Å²) in [5.41, 5.74) is 1.27. The molecule has 3 heterocycles. The van der Waals surface area contributed by atoms with Gasteiger partial charge in [0.05, 0.1) is 12.7 Å². The quantitative estimate of drug-likeness (QED) is 0.705. The van der Waals surface area contributed by atoms with Gasteiger partial charge in [-0.2, -0.15) is 0 Å². The Morgan fingerprint density at radius 1 is 1.14 bits per heavy atom. The van der Waals surface area contributed by atoms with E-state index in [-0.39, 0.29) is 0 Å². The third kappa shape index (κ3) is 2.66. The first-order valence-electron chi connectivity index (χ1n) is 7.11. The number of anilines is 1. The first kappa shape index (κ1) is 13.9. The molecule has 1 aromatic carbocycles. The summed E-state index contributed by atoms with van der Waals surface area (Å²) < 4.78 is 3.24. The van der Waals surface area contributed by atoms with E-state index in [1.54, 1.807) is 11.3 Å². The van der Waals surface area contributed by atoms with Crippen LogP contribution in [0.1, 0.15) is 16.4 Å². The number of hydrogen-bond donors (Lipinski definition) is 0. The Kier molecular flexibility index (Phi) is 3.67. The van der Waals surface area contributed by atoms with Crippen molar-refractivity contribution in [1.29, 1.82) is 0 Å². The fourth-order valence-electron chi connectivity index (χ4n) is 2.60. The lowest BCUT2D eigenvalue weighted by Gasteiger charge is -2.27. The number of halogens is 1. The Balaban J connectivity index is 1.50. The second-order valence-corrected chi connectivity index (χ2v) is 7.06. The molecular formula is C15H14BrN5S. The van der Waals surface area contributed by atoms with Gasteiger partial charge in [-0.3, -0.25) is 0 Å². The largest absolute Gasteiger partial charge is 0.337 e. The van der Waals surface area contributed by atoms with Gasteiger partial charge >= 0.3 is 0 Å². The van der Waals surface area contributed by atoms with Crippen LogP contribution >= 0.6 is 27.3 Å². The van der Waals surface area contributed by atoms with Gasteiger partial charge in [-0.05, 0) is 21.5 Å². The third-order valence-corrected chi connectivity index (χ3v) is 5.36. The Morgan fingerprint density at radius 2 is 2.00 bits per heavy atom. The van der Waals surface area contributed by atoms with Crippen molar-refractivity contribution < 1.29 is 0 Å². The van der Waals surface area contributed by atoms with Crippen LogP contribution < -0.4 is 4.90 Å². The number of nitrogens with zero attached hydrogens (tertiary/aromatic N) is 5. The highest BCUT2D eigenvalue weighted by Crippen LogP contribution is 2.27. The fourth-order valence-corrected chi connectivity index (χ4v) is 3.98. The van der Waals surface area contributed by atoms with Gasteiger partial charge in [0.1, 0.15) is 15.4 Å². The summed E-state index contributed by atoms with van der Waals surface area (Å²) in [7, 11) is 0. The van der Waals surface area contributed by atoms with Crippen molar-refractivity contribution in [3.05, 3.63) is 57.5 Å². The molecule has 0 unspecified atom stereocenters. The van der Waals surface area contributed by atoms with E-state index in [0.29, 0.717) is 0 Å². The van der Waals surface area contributed by atoms with E-state index in [1.807, 2.05) is 12.3 Å². The summed E-state index contributed by atoms with van der Waals surface area (Å²) in [5.74, 6) is 1.07. The fraction of sp³-hybridized carbons (Fsp3) is 0.267. The van der Waals surface area contributed by atoms with Crippen molar-refractivity contribution in [1.82, 2.24) is 19.7 Å². The van der Waals surface area contributed by atoms with Gasteiger partial charge in [0, 0.05) is 19.5 Å². The molecule has 5 nitrogen and oxygen atoms in total. The number of fused-ring (bicyclic) bond motifs is 1. The normalized spacial score (nSPS) is 14.1. The highest BCUT2D eigenvalue weighted by Gasteiger charge is 2.21. The number of aromatic nitrogens is 4. The van der Waals surface area contributed by atoms with E-state index in [1.165, 1.54) is 5.56 Å². The highest BCUT2D eigenvalue weighted by atomic mass is 79.9. The monoisotopic (exact) mass is 375 g/mol. The molecule has 0 amide bonds. The molecule has 1 aliphatic rings. The maximum Gasteiger partial charge on any atom is 0.208 e. The number of imidazole rings is 1. The molecule has 0 spiro atoms. The predicted molar refractivity (Wildman–Crippen MR) is 90.1 cm³/mol. The van der Waals surface area contributed by atoms with Gasteiger partial charge in [0.2, 0.25) is 5.13 Å². The van der Waals surface area contributed by atoms with Crippen molar-refractivity contribution in [2.24, 2.45) is 0 Å². The summed E-state index contributed by atoms with van der Waals surface area (Å²) in [6.45, 7) is 2.64. The molecule has 7 heteroatoms. The van der Waals surface area contributed by atoms with Gasteiger partial charge in [-0.25, -0.2) is 4.98 Å². The number of benzene rings is 1. The summed E-state index contributed by atoms with van der Waals surface area (Å²) in [6, 6.07) is 10.4. The van der Waals surface area contributed by atoms with Crippen molar-refractivity contribution in [3.8, 4) is 0 Å². The minimum absolute atomic E-state index is 0.783. The molecule has 0 bridgehead atoms. The molecule has 0 N–H and O–H groups in total. The van der Waals surface area contributed by atoms with Gasteiger partial charge in [0.15, 0.2) is 0 Å². The summed E-state index contributed by atoms with van der Waals surface area (Å²) in [5, 5.41) is 10.7. The minimum Gasteiger partial charge on any atom is -0.337 e. The van der Waals surface area contributed by atoms with Crippen LogP contribution in [0.15, 0.2) is 41.1 Å². The van der Waals surface area contributed by atoms with Gasteiger partial charge < -0.3 is 9.47 Å². The summed E-state index contributed by atoms with van der Waals surface area (Å²) >= 11 is 5.20. The zero-order valence-electron chi connectivity index (χ0n) is 11.8. The Labute approximate surface area is 140 Å². The van der Waals surface area contributed by atoms with Crippen LogP contribution in [0, 0.1) is 0 Å². The second kappa shape index (κ2) is 5.81. The van der Waals surface area contributed by atoms with E-state index in [9.17, 15) is 0 Å². The Morgan fingerprint density at radius 3 is 2.86 bits per heavy atom. The van der Waals surface area contributed by atoms with E-state index in [0.717, 1.165) is 46.6 Å². The van der Waals surface area contributed by atoms with E-state index in [2.05, 4.69) is 64.8 Å². The minimum atomic E-state index is 0.783. The van der Waals surface area contributed by atoms with Crippen molar-refractivity contribution in [3.63, 3.8) is 0 Å². The molecule has 3 aromatic rings. The number of hydrogen-bond acceptors (Lipinski definition) is 5. The highest BCUT2D eigenvalue weighted by molar-refractivity contribution is 9.10. The smallest absolute Gasteiger partial charge is 0.208 e. The van der Waals surface area contributed by atoms with Crippen LogP contribution in [0.4, 0.5) is 5.13 Å². The van der Waals surface area contributed by atoms with Gasteiger partial charge in [-0.15, -0.1) is 10.2 Å². The van der Waals surface area contributed by atoms with Gasteiger partial charge in [0.25, 0.3) is 0 Å². The lowest BCUT2D eigenvalue weighted by molar-refractivity contribution is 0.551. The Hall–Kier alpha value is -1.73. The van der Waals surface area contributed by atoms with Crippen LogP contribution in [-0.4, -0.2) is 26.3 Å². The summed E-state index contributed by atoms with van der Waals surface area (Å²) in [4.78, 5) is 6.69. The lowest BCUT2D eigenvalue weighted by atomic mass is 10.2. The second-order valence-electron chi connectivity index (χ2n) is 5.21. The Bertz CT molecular complexity index is 782. The van der Waals surface area contributed by atoms with E-state index < -0.39 is 0 Å². The predicted octanol–water partition coefficient (Wildman–Crippen LogP) is 3.11. The SMILES string of the molecule is Brc1cnc2n1CCN(c1nnc(Cc3ccccc3)s1)C2. The van der Waals surface area contributed by atoms with Gasteiger partial charge in [-0.1, -0.05) is 41.7 Å². The standard InChI is InChI=1S/C15H14BrN5S/c16-12-9-17-13-10-20(6-7-21(12)13)15-19-18-14(22-15)8-11-4-2-1-3-5-11/h1-5,9H,6-8,10H2. The average Bonchev–Trinajstić information content (AvgIpc) is 3.15. The molecule has 22 heavy (non-hydrogen) atoms. The molecule has 4 rings (SSSR count). The van der Waals surface area contributed by atoms with Crippen LogP contribution in [-0.2, 0) is 19.5 Å². The molecule has 0 saturated heterocycles. The molecule has 0 aliphatic carbocycles. The lowest BCUT2D eigenvalue weighted by Crippen LogP contribution is -2.33. The molecular weight excluding hydrogens is 362 g/mol. The van der Waals surface area contributed by atoms with Crippen molar-refractivity contribution in [2.75, 3.05) is 11.4 Å². The van der Waals surface area contributed by atoms with Crippen molar-refractivity contribution >= 4 is 32.4 Å². The molecule has 0 saturated carbocycles. The first-order valence-corrected chi connectivity index (χ1v) is 8.72. The zero-order chi connectivity index (χ0) is 14.9. The van der Waals surface area contributed by atoms with Crippen LogP contribution in [0.25, 0.3) is 0 Å². The van der Waals surface area contributed by atoms with E-state index >= 15 is 0 Å². The zero-order valence-corrected chi connectivity index (χ0v) is 14.2. The molecule has 0 fully saturated rings. The molecule has 0 atom stereocenters. The third-order valence-electron chi connectivity index (χ3n) is 3.74. The molecule has 1 aliphatic heterocycles. The van der Waals surface area contributed by atoms with Crippen LogP contribution in [0.2, 0.25) is 0 Å². The molecule has 112 valence electrons. The van der Waals surface area contributed by atoms with Crippen molar-refractivity contribution in [2.45, 2.75) is 19.5 Å². The number of rotatable bonds is 3. The maximum absolute atomic E-state index is 4.44. The van der Waals surface area contributed by atoms with E-state index in [4.69, 9.17) is 0 Å². The van der Waals surface area contributed by atoms with Crippen LogP contribution in [0.5, 0.6) is 0 Å².